The number of piperazine rings is 1. The minimum absolute atomic E-state index is 0.0434. The predicted molar refractivity (Wildman–Crippen MR) is 162 cm³/mol. The van der Waals surface area contributed by atoms with Crippen LogP contribution in [0, 0.1) is 12.7 Å². The van der Waals surface area contributed by atoms with E-state index in [2.05, 4.69) is 21.8 Å². The standard InChI is InChI=1S/C34H34FN3O5/c1-4-41-34(40)28-21(2)43-33-26-10-9-25(42-20-22-5-7-24(35)8-6-22)19-27(26)32(39)30(29(28)33)31(23-11-13-36-14-12-23)38-17-15-37(3)16-18-38/h5-14,19,31,39H,4,15-18,20H2,1-3H3. The molecular weight excluding hydrogens is 549 g/mol. The van der Waals surface area contributed by atoms with Crippen LogP contribution in [-0.4, -0.2) is 65.7 Å². The van der Waals surface area contributed by atoms with Crippen LogP contribution in [0.5, 0.6) is 11.5 Å². The molecule has 1 atom stereocenters. The lowest BCUT2D eigenvalue weighted by Crippen LogP contribution is -2.46. The molecule has 43 heavy (non-hydrogen) atoms. The lowest BCUT2D eigenvalue weighted by Gasteiger charge is -2.39. The molecule has 0 amide bonds. The van der Waals surface area contributed by atoms with Crippen molar-refractivity contribution in [1.82, 2.24) is 14.8 Å². The number of aryl methyl sites for hydroxylation is 1. The van der Waals surface area contributed by atoms with E-state index in [0.29, 0.717) is 44.4 Å². The number of ether oxygens (including phenoxy) is 2. The minimum atomic E-state index is -0.496. The molecule has 1 fully saturated rings. The Morgan fingerprint density at radius 2 is 1.77 bits per heavy atom. The SMILES string of the molecule is CCOC(=O)c1c(C)oc2c1c(C(c1ccncc1)N1CCN(C)CC1)c(O)c1cc(OCc3ccc(F)cc3)ccc12. The number of hydrogen-bond acceptors (Lipinski definition) is 8. The first-order valence-electron chi connectivity index (χ1n) is 14.4. The van der Waals surface area contributed by atoms with Gasteiger partial charge in [-0.2, -0.15) is 0 Å². The van der Waals surface area contributed by atoms with Crippen molar-refractivity contribution in [3.05, 3.63) is 101 Å². The number of pyridine rings is 1. The summed E-state index contributed by atoms with van der Waals surface area (Å²) < 4.78 is 31.2. The van der Waals surface area contributed by atoms with Crippen LogP contribution in [0.3, 0.4) is 0 Å². The van der Waals surface area contributed by atoms with E-state index in [1.807, 2.05) is 18.2 Å². The third-order valence-corrected chi connectivity index (χ3v) is 8.10. The van der Waals surface area contributed by atoms with Gasteiger partial charge in [-0.25, -0.2) is 9.18 Å². The van der Waals surface area contributed by atoms with Gasteiger partial charge in [0.2, 0.25) is 0 Å². The monoisotopic (exact) mass is 583 g/mol. The van der Waals surface area contributed by atoms with E-state index in [4.69, 9.17) is 13.9 Å². The van der Waals surface area contributed by atoms with Crippen molar-refractivity contribution in [2.75, 3.05) is 39.8 Å². The number of aromatic hydroxyl groups is 1. The lowest BCUT2D eigenvalue weighted by atomic mass is 9.89. The zero-order chi connectivity index (χ0) is 30.1. The summed E-state index contributed by atoms with van der Waals surface area (Å²) in [5.41, 5.74) is 3.15. The van der Waals surface area contributed by atoms with Gasteiger partial charge in [0, 0.05) is 60.3 Å². The summed E-state index contributed by atoms with van der Waals surface area (Å²) >= 11 is 0. The Balaban J connectivity index is 1.57. The molecule has 0 radical (unpaired) electrons. The second-order valence-corrected chi connectivity index (χ2v) is 10.9. The van der Waals surface area contributed by atoms with Gasteiger partial charge in [0.15, 0.2) is 0 Å². The van der Waals surface area contributed by atoms with Gasteiger partial charge in [-0.1, -0.05) is 12.1 Å². The predicted octanol–water partition coefficient (Wildman–Crippen LogP) is 6.23. The van der Waals surface area contributed by atoms with Crippen molar-refractivity contribution in [2.24, 2.45) is 0 Å². The number of benzene rings is 3. The Morgan fingerprint density at radius 3 is 2.47 bits per heavy atom. The average Bonchev–Trinajstić information content (AvgIpc) is 3.36. The number of halogens is 1. The number of phenolic OH excluding ortho intramolecular Hbond substituents is 1. The number of likely N-dealkylation sites (N-methyl/N-ethyl adjacent to an activating group) is 1. The van der Waals surface area contributed by atoms with E-state index in [9.17, 15) is 14.3 Å². The highest BCUT2D eigenvalue weighted by atomic mass is 19.1. The van der Waals surface area contributed by atoms with Crippen LogP contribution in [0.15, 0.2) is 71.4 Å². The van der Waals surface area contributed by atoms with Crippen LogP contribution in [0.2, 0.25) is 0 Å². The summed E-state index contributed by atoms with van der Waals surface area (Å²) in [7, 11) is 2.09. The molecule has 9 heteroatoms. The van der Waals surface area contributed by atoms with Crippen LogP contribution < -0.4 is 4.74 Å². The van der Waals surface area contributed by atoms with Crippen molar-refractivity contribution in [1.29, 1.82) is 0 Å². The molecule has 8 nitrogen and oxygen atoms in total. The Labute approximate surface area is 249 Å². The Bertz CT molecular complexity index is 1760. The molecule has 3 aromatic carbocycles. The molecule has 0 aliphatic carbocycles. The summed E-state index contributed by atoms with van der Waals surface area (Å²) in [6.45, 7) is 7.18. The fourth-order valence-corrected chi connectivity index (χ4v) is 5.91. The average molecular weight is 584 g/mol. The van der Waals surface area contributed by atoms with Gasteiger partial charge in [-0.3, -0.25) is 9.88 Å². The molecule has 1 unspecified atom stereocenters. The van der Waals surface area contributed by atoms with Crippen LogP contribution in [0.1, 0.15) is 45.8 Å². The summed E-state index contributed by atoms with van der Waals surface area (Å²) in [6, 6.07) is 15.0. The van der Waals surface area contributed by atoms with E-state index < -0.39 is 12.0 Å². The fraction of sp³-hybridized carbons (Fsp3) is 0.294. The van der Waals surface area contributed by atoms with Gasteiger partial charge >= 0.3 is 5.97 Å². The second-order valence-electron chi connectivity index (χ2n) is 10.9. The highest BCUT2D eigenvalue weighted by Crippen LogP contribution is 2.48. The maximum absolute atomic E-state index is 13.4. The lowest BCUT2D eigenvalue weighted by molar-refractivity contribution is 0.0526. The number of furan rings is 1. The Morgan fingerprint density at radius 1 is 1.05 bits per heavy atom. The molecular formula is C34H34FN3O5. The number of nitrogens with zero attached hydrogens (tertiary/aromatic N) is 3. The number of aromatic nitrogens is 1. The van der Waals surface area contributed by atoms with Crippen LogP contribution in [-0.2, 0) is 11.3 Å². The van der Waals surface area contributed by atoms with Gasteiger partial charge in [0.05, 0.1) is 12.6 Å². The van der Waals surface area contributed by atoms with Gasteiger partial charge < -0.3 is 23.9 Å². The van der Waals surface area contributed by atoms with E-state index in [-0.39, 0.29) is 24.8 Å². The summed E-state index contributed by atoms with van der Waals surface area (Å²) in [5.74, 6) is 0.194. The molecule has 1 saturated heterocycles. The van der Waals surface area contributed by atoms with E-state index in [0.717, 1.165) is 37.3 Å². The molecule has 1 N–H and O–H groups in total. The van der Waals surface area contributed by atoms with Crippen molar-refractivity contribution in [2.45, 2.75) is 26.5 Å². The quantitative estimate of drug-likeness (QED) is 0.215. The van der Waals surface area contributed by atoms with Crippen LogP contribution in [0.4, 0.5) is 4.39 Å². The van der Waals surface area contributed by atoms with Crippen molar-refractivity contribution in [3.8, 4) is 11.5 Å². The van der Waals surface area contributed by atoms with E-state index in [1.54, 1.807) is 50.5 Å². The molecule has 3 heterocycles. The second kappa shape index (κ2) is 12.0. The molecule has 5 aromatic rings. The topological polar surface area (TPSA) is 88.3 Å². The maximum Gasteiger partial charge on any atom is 0.342 e. The van der Waals surface area contributed by atoms with Gasteiger partial charge in [0.1, 0.15) is 40.8 Å². The smallest absolute Gasteiger partial charge is 0.342 e. The summed E-state index contributed by atoms with van der Waals surface area (Å²) in [6.07, 6.45) is 3.48. The largest absolute Gasteiger partial charge is 0.507 e. The fourth-order valence-electron chi connectivity index (χ4n) is 5.91. The van der Waals surface area contributed by atoms with Crippen molar-refractivity contribution in [3.63, 3.8) is 0 Å². The molecule has 0 spiro atoms. The number of fused-ring (bicyclic) bond motifs is 3. The van der Waals surface area contributed by atoms with E-state index in [1.165, 1.54) is 12.1 Å². The first-order valence-corrected chi connectivity index (χ1v) is 14.4. The number of esters is 1. The third kappa shape index (κ3) is 5.53. The molecule has 222 valence electrons. The number of carbonyl (C=O) groups is 1. The Hall–Kier alpha value is -4.47. The zero-order valence-electron chi connectivity index (χ0n) is 24.5. The third-order valence-electron chi connectivity index (χ3n) is 8.10. The first kappa shape index (κ1) is 28.6. The molecule has 2 aromatic heterocycles. The minimum Gasteiger partial charge on any atom is -0.507 e. The summed E-state index contributed by atoms with van der Waals surface area (Å²) in [4.78, 5) is 22.2. The maximum atomic E-state index is 13.4. The number of hydrogen-bond donors (Lipinski definition) is 1. The number of rotatable bonds is 8. The normalized spacial score (nSPS) is 15.2. The van der Waals surface area contributed by atoms with Crippen molar-refractivity contribution >= 4 is 27.7 Å². The highest BCUT2D eigenvalue weighted by Gasteiger charge is 2.34. The number of phenols is 1. The zero-order valence-corrected chi connectivity index (χ0v) is 24.5. The first-order chi connectivity index (χ1) is 20.9. The van der Waals surface area contributed by atoms with Crippen molar-refractivity contribution < 1.29 is 28.2 Å². The summed E-state index contributed by atoms with van der Waals surface area (Å²) in [5, 5.41) is 13.9. The van der Waals surface area contributed by atoms with Crippen LogP contribution in [0.25, 0.3) is 21.7 Å². The van der Waals surface area contributed by atoms with Crippen LogP contribution >= 0.6 is 0 Å². The molecule has 0 bridgehead atoms. The molecule has 0 saturated carbocycles. The van der Waals surface area contributed by atoms with E-state index >= 15 is 0 Å². The highest BCUT2D eigenvalue weighted by molar-refractivity contribution is 6.17. The number of carbonyl (C=O) groups excluding carboxylic acids is 1. The molecule has 6 rings (SSSR count). The Kier molecular flexibility index (Phi) is 8.01. The van der Waals surface area contributed by atoms with Gasteiger partial charge in [-0.05, 0) is 74.5 Å². The van der Waals surface area contributed by atoms with Gasteiger partial charge in [-0.15, -0.1) is 0 Å². The molecule has 1 aliphatic rings. The van der Waals surface area contributed by atoms with Gasteiger partial charge in [0.25, 0.3) is 0 Å². The molecule has 1 aliphatic heterocycles.